The minimum atomic E-state index is -0.0500. The van der Waals surface area contributed by atoms with Crippen molar-refractivity contribution < 1.29 is 0 Å². The van der Waals surface area contributed by atoms with Gasteiger partial charge in [0.1, 0.15) is 6.04 Å². The van der Waals surface area contributed by atoms with Gasteiger partial charge in [0.15, 0.2) is 5.11 Å². The number of piperidine rings is 1. The molecule has 0 amide bonds. The molecule has 1 aliphatic carbocycles. The van der Waals surface area contributed by atoms with Crippen LogP contribution in [0.15, 0.2) is 60.9 Å². The minimum absolute atomic E-state index is 0.0186. The van der Waals surface area contributed by atoms with Crippen LogP contribution in [0.25, 0.3) is 0 Å². The van der Waals surface area contributed by atoms with Crippen LogP contribution < -0.4 is 15.1 Å². The summed E-state index contributed by atoms with van der Waals surface area (Å²) in [7, 11) is 0. The summed E-state index contributed by atoms with van der Waals surface area (Å²) in [5, 5.41) is 5.11. The SMILES string of the molecule is C[C@@H]1C[C@@H](C)CN(c2ccc(N3C(=S)N[C@@H](c4ccccn4)[C@@H]3c3cccn3C3CCCC3)cc2Cl)C1. The lowest BCUT2D eigenvalue weighted by atomic mass is 9.91. The highest BCUT2D eigenvalue weighted by molar-refractivity contribution is 7.80. The Morgan fingerprint density at radius 2 is 1.78 bits per heavy atom. The van der Waals surface area contributed by atoms with E-state index in [1.807, 2.05) is 12.3 Å². The van der Waals surface area contributed by atoms with Gasteiger partial charge >= 0.3 is 0 Å². The topological polar surface area (TPSA) is 36.3 Å². The molecule has 7 heteroatoms. The van der Waals surface area contributed by atoms with E-state index in [0.29, 0.717) is 23.0 Å². The fourth-order valence-corrected chi connectivity index (χ4v) is 7.51. The number of halogens is 1. The maximum atomic E-state index is 7.00. The number of nitrogens with one attached hydrogen (secondary N) is 1. The summed E-state index contributed by atoms with van der Waals surface area (Å²) in [6, 6.07) is 17.5. The third-order valence-corrected chi connectivity index (χ3v) is 8.97. The van der Waals surface area contributed by atoms with Crippen LogP contribution in [0.1, 0.15) is 75.5 Å². The first-order valence-corrected chi connectivity index (χ1v) is 14.5. The summed E-state index contributed by atoms with van der Waals surface area (Å²) in [5.41, 5.74) is 4.41. The summed E-state index contributed by atoms with van der Waals surface area (Å²) in [4.78, 5) is 9.43. The molecule has 1 aromatic carbocycles. The molecule has 6 rings (SSSR count). The standard InChI is InChI=1S/C30H36ClN5S/c1-20-16-21(2)19-34(18-20)26-13-12-23(17-24(26)31)36-29(27-11-7-15-35(27)22-8-3-4-9-22)28(33-30(36)37)25-10-5-6-14-32-25/h5-7,10-15,17,20-22,28-29H,3-4,8-9,16,18-19H2,1-2H3,(H,33,37)/t20-,21-,28+,29+/m1/s1. The van der Waals surface area contributed by atoms with E-state index in [4.69, 9.17) is 28.8 Å². The summed E-state index contributed by atoms with van der Waals surface area (Å²) in [6.45, 7) is 6.76. The van der Waals surface area contributed by atoms with Crippen LogP contribution in [0.3, 0.4) is 0 Å². The van der Waals surface area contributed by atoms with Gasteiger partial charge in [-0.25, -0.2) is 0 Å². The second kappa shape index (κ2) is 10.3. The summed E-state index contributed by atoms with van der Waals surface area (Å²) < 4.78 is 2.49. The molecule has 5 nitrogen and oxygen atoms in total. The highest BCUT2D eigenvalue weighted by Gasteiger charge is 2.43. The smallest absolute Gasteiger partial charge is 0.174 e. The van der Waals surface area contributed by atoms with Gasteiger partial charge in [-0.1, -0.05) is 44.4 Å². The number of benzene rings is 1. The van der Waals surface area contributed by atoms with E-state index in [1.165, 1.54) is 37.8 Å². The van der Waals surface area contributed by atoms with Crippen molar-refractivity contribution in [3.63, 3.8) is 0 Å². The van der Waals surface area contributed by atoms with E-state index in [-0.39, 0.29) is 12.1 Å². The average Bonchev–Trinajstić information content (AvgIpc) is 3.63. The molecule has 1 saturated carbocycles. The number of rotatable bonds is 5. The predicted molar refractivity (Wildman–Crippen MR) is 156 cm³/mol. The van der Waals surface area contributed by atoms with Crippen molar-refractivity contribution in [2.45, 2.75) is 64.1 Å². The lowest BCUT2D eigenvalue weighted by Gasteiger charge is -2.37. The second-order valence-corrected chi connectivity index (χ2v) is 12.1. The Bertz CT molecular complexity index is 1240. The maximum absolute atomic E-state index is 7.00. The van der Waals surface area contributed by atoms with Crippen LogP contribution in [0.4, 0.5) is 11.4 Å². The van der Waals surface area contributed by atoms with Crippen molar-refractivity contribution in [2.75, 3.05) is 22.9 Å². The number of thiocarbonyl (C=S) groups is 1. The van der Waals surface area contributed by atoms with Crippen molar-refractivity contribution in [1.29, 1.82) is 0 Å². The molecule has 4 heterocycles. The molecule has 0 bridgehead atoms. The van der Waals surface area contributed by atoms with Crippen molar-refractivity contribution in [2.24, 2.45) is 11.8 Å². The van der Waals surface area contributed by atoms with E-state index < -0.39 is 0 Å². The molecule has 2 aliphatic heterocycles. The highest BCUT2D eigenvalue weighted by Crippen LogP contribution is 2.45. The van der Waals surface area contributed by atoms with Gasteiger partial charge in [-0.3, -0.25) is 4.98 Å². The monoisotopic (exact) mass is 533 g/mol. The number of hydrogen-bond donors (Lipinski definition) is 1. The predicted octanol–water partition coefficient (Wildman–Crippen LogP) is 7.31. The number of pyridine rings is 1. The Morgan fingerprint density at radius 1 is 1.00 bits per heavy atom. The largest absolute Gasteiger partial charge is 0.370 e. The number of aromatic nitrogens is 2. The molecule has 0 radical (unpaired) electrons. The first-order chi connectivity index (χ1) is 18.0. The Kier molecular flexibility index (Phi) is 6.89. The molecular formula is C30H36ClN5S. The Labute approximate surface area is 230 Å². The van der Waals surface area contributed by atoms with Crippen molar-refractivity contribution in [3.05, 3.63) is 77.3 Å². The zero-order valence-electron chi connectivity index (χ0n) is 21.7. The van der Waals surface area contributed by atoms with Crippen LogP contribution in [-0.2, 0) is 0 Å². The zero-order chi connectivity index (χ0) is 25.5. The van der Waals surface area contributed by atoms with Gasteiger partial charge in [-0.05, 0) is 85.8 Å². The van der Waals surface area contributed by atoms with Crippen molar-refractivity contribution in [1.82, 2.24) is 14.9 Å². The van der Waals surface area contributed by atoms with Gasteiger partial charge in [0.25, 0.3) is 0 Å². The summed E-state index contributed by atoms with van der Waals surface area (Å²) >= 11 is 13.0. The molecule has 2 aromatic heterocycles. The molecule has 4 atom stereocenters. The third kappa shape index (κ3) is 4.74. The maximum Gasteiger partial charge on any atom is 0.174 e. The van der Waals surface area contributed by atoms with Crippen LogP contribution in [0, 0.1) is 11.8 Å². The molecule has 3 fully saturated rings. The fraction of sp³-hybridized carbons (Fsp3) is 0.467. The quantitative estimate of drug-likeness (QED) is 0.348. The molecule has 2 saturated heterocycles. The van der Waals surface area contributed by atoms with Gasteiger partial charge in [-0.2, -0.15) is 0 Å². The van der Waals surface area contributed by atoms with Gasteiger partial charge in [-0.15, -0.1) is 0 Å². The average molecular weight is 534 g/mol. The Hall–Kier alpha value is -2.57. The van der Waals surface area contributed by atoms with E-state index in [2.05, 4.69) is 82.2 Å². The molecular weight excluding hydrogens is 498 g/mol. The zero-order valence-corrected chi connectivity index (χ0v) is 23.3. The van der Waals surface area contributed by atoms with Crippen LogP contribution >= 0.6 is 23.8 Å². The highest BCUT2D eigenvalue weighted by atomic mass is 35.5. The van der Waals surface area contributed by atoms with E-state index in [9.17, 15) is 0 Å². The number of hydrogen-bond acceptors (Lipinski definition) is 3. The molecule has 194 valence electrons. The van der Waals surface area contributed by atoms with Crippen LogP contribution in [0.2, 0.25) is 5.02 Å². The first kappa shape index (κ1) is 24.7. The Morgan fingerprint density at radius 3 is 2.49 bits per heavy atom. The second-order valence-electron chi connectivity index (χ2n) is 11.3. The Balaban J connectivity index is 1.39. The molecule has 3 aromatic rings. The number of anilines is 2. The van der Waals surface area contributed by atoms with Crippen molar-refractivity contribution in [3.8, 4) is 0 Å². The molecule has 1 N–H and O–H groups in total. The van der Waals surface area contributed by atoms with E-state index in [1.54, 1.807) is 0 Å². The number of nitrogens with zero attached hydrogens (tertiary/aromatic N) is 4. The van der Waals surface area contributed by atoms with Crippen LogP contribution in [0.5, 0.6) is 0 Å². The lowest BCUT2D eigenvalue weighted by molar-refractivity contribution is 0.357. The summed E-state index contributed by atoms with van der Waals surface area (Å²) in [5.74, 6) is 1.34. The first-order valence-electron chi connectivity index (χ1n) is 13.7. The van der Waals surface area contributed by atoms with Gasteiger partial charge < -0.3 is 19.7 Å². The lowest BCUT2D eigenvalue weighted by Crippen LogP contribution is -2.39. The molecule has 3 aliphatic rings. The molecule has 0 unspecified atom stereocenters. The van der Waals surface area contributed by atoms with E-state index in [0.717, 1.165) is 35.2 Å². The molecule has 0 spiro atoms. The van der Waals surface area contributed by atoms with Gasteiger partial charge in [0.05, 0.1) is 22.4 Å². The minimum Gasteiger partial charge on any atom is -0.370 e. The molecule has 37 heavy (non-hydrogen) atoms. The third-order valence-electron chi connectivity index (χ3n) is 8.35. The van der Waals surface area contributed by atoms with E-state index >= 15 is 0 Å². The van der Waals surface area contributed by atoms with Crippen LogP contribution in [-0.4, -0.2) is 27.8 Å². The van der Waals surface area contributed by atoms with Gasteiger partial charge in [0.2, 0.25) is 0 Å². The summed E-state index contributed by atoms with van der Waals surface area (Å²) in [6.07, 6.45) is 10.4. The fourth-order valence-electron chi connectivity index (χ4n) is 6.87. The van der Waals surface area contributed by atoms with Crippen molar-refractivity contribution >= 4 is 40.3 Å². The van der Waals surface area contributed by atoms with Gasteiger partial charge in [0, 0.05) is 42.9 Å². The normalized spacial score (nSPS) is 26.6.